The van der Waals surface area contributed by atoms with E-state index in [4.69, 9.17) is 0 Å². The van der Waals surface area contributed by atoms with Crippen molar-refractivity contribution in [3.8, 4) is 0 Å². The predicted molar refractivity (Wildman–Crippen MR) is 83.5 cm³/mol. The summed E-state index contributed by atoms with van der Waals surface area (Å²) in [7, 11) is -1.20. The Balaban J connectivity index is 1.89. The van der Waals surface area contributed by atoms with Crippen molar-refractivity contribution < 1.29 is 13.8 Å². The summed E-state index contributed by atoms with van der Waals surface area (Å²) < 4.78 is 12.1. The fraction of sp³-hybridized carbons (Fsp3) is 0.500. The second-order valence-electron chi connectivity index (χ2n) is 5.64. The molecule has 1 unspecified atom stereocenters. The van der Waals surface area contributed by atoms with Crippen LogP contribution >= 0.6 is 0 Å². The lowest BCUT2D eigenvalue weighted by atomic mass is 10.1. The van der Waals surface area contributed by atoms with Crippen LogP contribution in [0.4, 0.5) is 0 Å². The Bertz CT molecular complexity index is 553. The van der Waals surface area contributed by atoms with Crippen molar-refractivity contribution in [2.24, 2.45) is 0 Å². The zero-order chi connectivity index (χ0) is 15.4. The second-order valence-corrected chi connectivity index (χ2v) is 7.10. The number of amides is 1. The highest BCUT2D eigenvalue weighted by Gasteiger charge is 2.22. The largest absolute Gasteiger partial charge is 0.341 e. The standard InChI is InChI=1S/C16H21NO3S/c1-12-7-13(2)9-14(8-12)10-21(20)11-16(19)17-5-3-15(18)4-6-17/h7-9H,3-6,10-11H2,1-2H3. The van der Waals surface area contributed by atoms with E-state index in [1.165, 1.54) is 0 Å². The molecule has 0 N–H and O–H groups in total. The fourth-order valence-electron chi connectivity index (χ4n) is 2.62. The van der Waals surface area contributed by atoms with Crippen LogP contribution in [0.15, 0.2) is 18.2 Å². The Morgan fingerprint density at radius 2 is 1.71 bits per heavy atom. The maximum Gasteiger partial charge on any atom is 0.235 e. The molecule has 1 fully saturated rings. The zero-order valence-corrected chi connectivity index (χ0v) is 13.4. The van der Waals surface area contributed by atoms with Crippen molar-refractivity contribution in [2.45, 2.75) is 32.4 Å². The van der Waals surface area contributed by atoms with Crippen LogP contribution in [0.5, 0.6) is 0 Å². The summed E-state index contributed by atoms with van der Waals surface area (Å²) in [5.41, 5.74) is 3.29. The predicted octanol–water partition coefficient (Wildman–Crippen LogP) is 1.74. The van der Waals surface area contributed by atoms with Gasteiger partial charge in [0.2, 0.25) is 5.91 Å². The van der Waals surface area contributed by atoms with Gasteiger partial charge in [0.15, 0.2) is 0 Å². The third-order valence-electron chi connectivity index (χ3n) is 3.57. The van der Waals surface area contributed by atoms with Gasteiger partial charge < -0.3 is 4.90 Å². The maximum absolute atomic E-state index is 12.1. The molecule has 1 amide bonds. The molecule has 5 heteroatoms. The van der Waals surface area contributed by atoms with Crippen molar-refractivity contribution in [1.29, 1.82) is 0 Å². The zero-order valence-electron chi connectivity index (χ0n) is 12.6. The van der Waals surface area contributed by atoms with Gasteiger partial charge in [-0.25, -0.2) is 0 Å². The molecule has 0 saturated carbocycles. The third kappa shape index (κ3) is 4.77. The average molecular weight is 307 g/mol. The molecule has 1 aliphatic rings. The van der Waals surface area contributed by atoms with Gasteiger partial charge in [0, 0.05) is 42.5 Å². The molecule has 2 rings (SSSR count). The molecule has 1 aliphatic heterocycles. The highest BCUT2D eigenvalue weighted by atomic mass is 32.2. The van der Waals surface area contributed by atoms with E-state index in [-0.39, 0.29) is 17.4 Å². The van der Waals surface area contributed by atoms with Crippen molar-refractivity contribution in [2.75, 3.05) is 18.8 Å². The molecule has 1 aromatic carbocycles. The van der Waals surface area contributed by atoms with Gasteiger partial charge in [-0.2, -0.15) is 0 Å². The Hall–Kier alpha value is -1.49. The van der Waals surface area contributed by atoms with Gasteiger partial charge in [0.25, 0.3) is 0 Å². The van der Waals surface area contributed by atoms with Gasteiger partial charge in [-0.3, -0.25) is 13.8 Å². The molecular weight excluding hydrogens is 286 g/mol. The van der Waals surface area contributed by atoms with E-state index >= 15 is 0 Å². The molecule has 0 aliphatic carbocycles. The molecule has 21 heavy (non-hydrogen) atoms. The first-order chi connectivity index (χ1) is 9.94. The van der Waals surface area contributed by atoms with E-state index in [9.17, 15) is 13.8 Å². The van der Waals surface area contributed by atoms with Crippen LogP contribution in [-0.2, 0) is 26.1 Å². The maximum atomic E-state index is 12.1. The Morgan fingerprint density at radius 3 is 2.29 bits per heavy atom. The number of carbonyl (C=O) groups is 2. The average Bonchev–Trinajstić information content (AvgIpc) is 2.37. The molecule has 0 aromatic heterocycles. The molecule has 1 atom stereocenters. The summed E-state index contributed by atoms with van der Waals surface area (Å²) in [6.45, 7) is 4.96. The number of piperidine rings is 1. The van der Waals surface area contributed by atoms with Crippen molar-refractivity contribution in [3.05, 3.63) is 34.9 Å². The lowest BCUT2D eigenvalue weighted by Crippen LogP contribution is -2.40. The number of likely N-dealkylation sites (tertiary alicyclic amines) is 1. The van der Waals surface area contributed by atoms with Crippen LogP contribution in [0, 0.1) is 13.8 Å². The van der Waals surface area contributed by atoms with Crippen LogP contribution in [-0.4, -0.2) is 39.6 Å². The summed E-state index contributed by atoms with van der Waals surface area (Å²) in [5, 5.41) is 0. The summed E-state index contributed by atoms with van der Waals surface area (Å²) in [5.74, 6) is 0.544. The number of nitrogens with zero attached hydrogens (tertiary/aromatic N) is 1. The topological polar surface area (TPSA) is 54.5 Å². The Morgan fingerprint density at radius 1 is 1.14 bits per heavy atom. The second kappa shape index (κ2) is 6.98. The summed E-state index contributed by atoms with van der Waals surface area (Å²) in [4.78, 5) is 24.9. The lowest BCUT2D eigenvalue weighted by Gasteiger charge is -2.25. The van der Waals surface area contributed by atoms with Gasteiger partial charge >= 0.3 is 0 Å². The van der Waals surface area contributed by atoms with E-state index in [0.29, 0.717) is 31.7 Å². The summed E-state index contributed by atoms with van der Waals surface area (Å²) in [6, 6.07) is 6.09. The van der Waals surface area contributed by atoms with E-state index < -0.39 is 10.8 Å². The number of ketones is 1. The van der Waals surface area contributed by atoms with Crippen molar-refractivity contribution in [3.63, 3.8) is 0 Å². The molecule has 1 heterocycles. The number of benzene rings is 1. The lowest BCUT2D eigenvalue weighted by molar-refractivity contribution is -0.132. The van der Waals surface area contributed by atoms with Gasteiger partial charge in [-0.1, -0.05) is 29.3 Å². The highest BCUT2D eigenvalue weighted by molar-refractivity contribution is 7.84. The quantitative estimate of drug-likeness (QED) is 0.851. The molecule has 114 valence electrons. The summed E-state index contributed by atoms with van der Waals surface area (Å²) >= 11 is 0. The number of Topliss-reactive ketones (excluding diaryl/α,β-unsaturated/α-hetero) is 1. The number of aryl methyl sites for hydroxylation is 2. The van der Waals surface area contributed by atoms with Crippen molar-refractivity contribution in [1.82, 2.24) is 4.90 Å². The fourth-order valence-corrected chi connectivity index (χ4v) is 3.72. The van der Waals surface area contributed by atoms with E-state index in [1.54, 1.807) is 4.90 Å². The van der Waals surface area contributed by atoms with E-state index in [1.807, 2.05) is 26.0 Å². The highest BCUT2D eigenvalue weighted by Crippen LogP contribution is 2.12. The van der Waals surface area contributed by atoms with Crippen molar-refractivity contribution >= 4 is 22.5 Å². The number of hydrogen-bond donors (Lipinski definition) is 0. The first-order valence-electron chi connectivity index (χ1n) is 7.15. The first kappa shape index (κ1) is 15.9. The Labute approximate surface area is 128 Å². The van der Waals surface area contributed by atoms with Gasteiger partial charge in [0.05, 0.1) is 0 Å². The Kier molecular flexibility index (Phi) is 5.28. The van der Waals surface area contributed by atoms with Gasteiger partial charge in [0.1, 0.15) is 11.5 Å². The molecule has 0 radical (unpaired) electrons. The minimum Gasteiger partial charge on any atom is -0.341 e. The number of rotatable bonds is 4. The van der Waals surface area contributed by atoms with Crippen LogP contribution in [0.25, 0.3) is 0 Å². The molecule has 1 aromatic rings. The molecular formula is C16H21NO3S. The van der Waals surface area contributed by atoms with E-state index in [2.05, 4.69) is 6.07 Å². The smallest absolute Gasteiger partial charge is 0.235 e. The minimum absolute atomic E-state index is 0.0428. The minimum atomic E-state index is -1.20. The monoisotopic (exact) mass is 307 g/mol. The van der Waals surface area contributed by atoms with Crippen LogP contribution in [0.3, 0.4) is 0 Å². The van der Waals surface area contributed by atoms with Gasteiger partial charge in [-0.15, -0.1) is 0 Å². The molecule has 1 saturated heterocycles. The molecule has 0 spiro atoms. The van der Waals surface area contributed by atoms with Crippen LogP contribution in [0.2, 0.25) is 0 Å². The van der Waals surface area contributed by atoms with Crippen LogP contribution in [0.1, 0.15) is 29.5 Å². The van der Waals surface area contributed by atoms with Crippen LogP contribution < -0.4 is 0 Å². The first-order valence-corrected chi connectivity index (χ1v) is 8.64. The molecule has 0 bridgehead atoms. The van der Waals surface area contributed by atoms with E-state index in [0.717, 1.165) is 16.7 Å². The summed E-state index contributed by atoms with van der Waals surface area (Å²) in [6.07, 6.45) is 0.852. The SMILES string of the molecule is Cc1cc(C)cc(CS(=O)CC(=O)N2CCC(=O)CC2)c1. The molecule has 4 nitrogen and oxygen atoms in total. The number of hydrogen-bond acceptors (Lipinski definition) is 3. The number of carbonyl (C=O) groups excluding carboxylic acids is 2. The normalized spacial score (nSPS) is 16.9. The van der Waals surface area contributed by atoms with Gasteiger partial charge in [-0.05, 0) is 19.4 Å². The third-order valence-corrected chi connectivity index (χ3v) is 4.79.